The molecule has 0 unspecified atom stereocenters. The van der Waals surface area contributed by atoms with Crippen molar-refractivity contribution in [1.29, 1.82) is 0 Å². The Morgan fingerprint density at radius 2 is 1.89 bits per heavy atom. The Kier molecular flexibility index (Phi) is 4.74. The van der Waals surface area contributed by atoms with Crippen molar-refractivity contribution in [2.75, 3.05) is 6.54 Å². The standard InChI is InChI=1S/C14H26N4O/c1-13(2,3)17-12(19)9-15-7-11-8-16-18(10-11)14(4,5)6/h8,10,15H,7,9H2,1-6H3,(H,17,19). The first-order chi connectivity index (χ1) is 8.58. The molecule has 5 nitrogen and oxygen atoms in total. The van der Waals surface area contributed by atoms with Crippen LogP contribution in [-0.4, -0.2) is 27.8 Å². The minimum Gasteiger partial charge on any atom is -0.350 e. The summed E-state index contributed by atoms with van der Waals surface area (Å²) >= 11 is 0. The molecule has 1 amide bonds. The highest BCUT2D eigenvalue weighted by Crippen LogP contribution is 2.12. The summed E-state index contributed by atoms with van der Waals surface area (Å²) in [5, 5.41) is 10.4. The summed E-state index contributed by atoms with van der Waals surface area (Å²) in [5.41, 5.74) is 0.885. The average Bonchev–Trinajstić information content (AvgIpc) is 2.62. The summed E-state index contributed by atoms with van der Waals surface area (Å²) in [6.07, 6.45) is 3.84. The third-order valence-corrected chi connectivity index (χ3v) is 2.45. The van der Waals surface area contributed by atoms with Crippen LogP contribution in [0.2, 0.25) is 0 Å². The zero-order chi connectivity index (χ0) is 14.7. The lowest BCUT2D eigenvalue weighted by Gasteiger charge is -2.20. The molecule has 19 heavy (non-hydrogen) atoms. The van der Waals surface area contributed by atoms with E-state index < -0.39 is 0 Å². The maximum atomic E-state index is 11.6. The Hall–Kier alpha value is -1.36. The number of nitrogens with zero attached hydrogens (tertiary/aromatic N) is 2. The van der Waals surface area contributed by atoms with Gasteiger partial charge in [0.15, 0.2) is 0 Å². The van der Waals surface area contributed by atoms with Gasteiger partial charge in [0.05, 0.1) is 18.3 Å². The summed E-state index contributed by atoms with van der Waals surface area (Å²) in [6.45, 7) is 13.2. The van der Waals surface area contributed by atoms with Crippen molar-refractivity contribution < 1.29 is 4.79 Å². The molecule has 1 heterocycles. The largest absolute Gasteiger partial charge is 0.350 e. The predicted molar refractivity (Wildman–Crippen MR) is 76.8 cm³/mol. The molecule has 1 aromatic heterocycles. The van der Waals surface area contributed by atoms with Gasteiger partial charge in [-0.15, -0.1) is 0 Å². The van der Waals surface area contributed by atoms with Crippen molar-refractivity contribution in [3.05, 3.63) is 18.0 Å². The minimum atomic E-state index is -0.185. The molecule has 0 radical (unpaired) electrons. The average molecular weight is 266 g/mol. The van der Waals surface area contributed by atoms with Crippen LogP contribution in [0.25, 0.3) is 0 Å². The molecule has 5 heteroatoms. The molecule has 1 aromatic rings. The van der Waals surface area contributed by atoms with Crippen molar-refractivity contribution in [2.24, 2.45) is 0 Å². The maximum absolute atomic E-state index is 11.6. The van der Waals surface area contributed by atoms with E-state index in [2.05, 4.69) is 36.5 Å². The Balaban J connectivity index is 2.38. The maximum Gasteiger partial charge on any atom is 0.234 e. The van der Waals surface area contributed by atoms with Crippen LogP contribution in [0.1, 0.15) is 47.1 Å². The molecule has 0 bridgehead atoms. The SMILES string of the molecule is CC(C)(C)NC(=O)CNCc1cnn(C(C)(C)C)c1. The fourth-order valence-corrected chi connectivity index (χ4v) is 1.60. The molecule has 1 rings (SSSR count). The Bertz CT molecular complexity index is 423. The van der Waals surface area contributed by atoms with Crippen LogP contribution in [0.5, 0.6) is 0 Å². The fourth-order valence-electron chi connectivity index (χ4n) is 1.60. The number of hydrogen-bond acceptors (Lipinski definition) is 3. The van der Waals surface area contributed by atoms with E-state index in [1.165, 1.54) is 0 Å². The molecule has 2 N–H and O–H groups in total. The summed E-state index contributed by atoms with van der Waals surface area (Å²) in [5.74, 6) is 0.00992. The van der Waals surface area contributed by atoms with Gasteiger partial charge in [-0.05, 0) is 41.5 Å². The molecule has 0 fully saturated rings. The monoisotopic (exact) mass is 266 g/mol. The van der Waals surface area contributed by atoms with Crippen molar-refractivity contribution in [3.63, 3.8) is 0 Å². The number of nitrogens with one attached hydrogen (secondary N) is 2. The molecule has 0 aliphatic rings. The molecule has 0 aromatic carbocycles. The first-order valence-electron chi connectivity index (χ1n) is 6.64. The smallest absolute Gasteiger partial charge is 0.234 e. The molecule has 0 spiro atoms. The lowest BCUT2D eigenvalue weighted by atomic mass is 10.1. The van der Waals surface area contributed by atoms with Gasteiger partial charge >= 0.3 is 0 Å². The second kappa shape index (κ2) is 5.74. The van der Waals surface area contributed by atoms with Crippen LogP contribution in [0.4, 0.5) is 0 Å². The zero-order valence-electron chi connectivity index (χ0n) is 12.9. The second-order valence-electron chi connectivity index (χ2n) is 6.87. The summed E-state index contributed by atoms with van der Waals surface area (Å²) in [4.78, 5) is 11.6. The van der Waals surface area contributed by atoms with Crippen LogP contribution in [0.3, 0.4) is 0 Å². The van der Waals surface area contributed by atoms with Crippen molar-refractivity contribution in [2.45, 2.75) is 59.2 Å². The number of amides is 1. The molecule has 0 saturated heterocycles. The second-order valence-corrected chi connectivity index (χ2v) is 6.87. The summed E-state index contributed by atoms with van der Waals surface area (Å²) < 4.78 is 1.93. The molecule has 0 atom stereocenters. The van der Waals surface area contributed by atoms with Crippen molar-refractivity contribution in [1.82, 2.24) is 20.4 Å². The van der Waals surface area contributed by atoms with Crippen LogP contribution in [0, 0.1) is 0 Å². The van der Waals surface area contributed by atoms with Crippen molar-refractivity contribution in [3.8, 4) is 0 Å². The number of hydrogen-bond donors (Lipinski definition) is 2. The number of carbonyl (C=O) groups is 1. The summed E-state index contributed by atoms with van der Waals surface area (Å²) in [6, 6.07) is 0. The Labute approximate surface area is 115 Å². The highest BCUT2D eigenvalue weighted by molar-refractivity contribution is 5.78. The number of aromatic nitrogens is 2. The minimum absolute atomic E-state index is 0.00992. The van der Waals surface area contributed by atoms with E-state index in [0.29, 0.717) is 13.1 Å². The van der Waals surface area contributed by atoms with E-state index in [-0.39, 0.29) is 17.0 Å². The summed E-state index contributed by atoms with van der Waals surface area (Å²) in [7, 11) is 0. The van der Waals surface area contributed by atoms with Crippen LogP contribution >= 0.6 is 0 Å². The Morgan fingerprint density at radius 1 is 1.26 bits per heavy atom. The van der Waals surface area contributed by atoms with Crippen LogP contribution in [-0.2, 0) is 16.9 Å². The van der Waals surface area contributed by atoms with E-state index in [1.54, 1.807) is 0 Å². The predicted octanol–water partition coefficient (Wildman–Crippen LogP) is 1.64. The van der Waals surface area contributed by atoms with Gasteiger partial charge in [-0.3, -0.25) is 9.48 Å². The quantitative estimate of drug-likeness (QED) is 0.871. The van der Waals surface area contributed by atoms with E-state index in [4.69, 9.17) is 0 Å². The van der Waals surface area contributed by atoms with Crippen molar-refractivity contribution >= 4 is 5.91 Å². The van der Waals surface area contributed by atoms with E-state index >= 15 is 0 Å². The normalized spacial score (nSPS) is 12.5. The fraction of sp³-hybridized carbons (Fsp3) is 0.714. The van der Waals surface area contributed by atoms with Gasteiger partial charge in [0.25, 0.3) is 0 Å². The third-order valence-electron chi connectivity index (χ3n) is 2.45. The highest BCUT2D eigenvalue weighted by atomic mass is 16.2. The Morgan fingerprint density at radius 3 is 2.37 bits per heavy atom. The van der Waals surface area contributed by atoms with Gasteiger partial charge in [-0.1, -0.05) is 0 Å². The van der Waals surface area contributed by atoms with Crippen LogP contribution in [0.15, 0.2) is 12.4 Å². The zero-order valence-corrected chi connectivity index (χ0v) is 12.9. The van der Waals surface area contributed by atoms with Crippen LogP contribution < -0.4 is 10.6 Å². The molecular formula is C14H26N4O. The van der Waals surface area contributed by atoms with Gasteiger partial charge < -0.3 is 10.6 Å². The van der Waals surface area contributed by atoms with Gasteiger partial charge in [0.1, 0.15) is 0 Å². The first kappa shape index (κ1) is 15.7. The van der Waals surface area contributed by atoms with Gasteiger partial charge in [-0.25, -0.2) is 0 Å². The lowest BCUT2D eigenvalue weighted by Crippen LogP contribution is -2.44. The van der Waals surface area contributed by atoms with E-state index in [9.17, 15) is 4.79 Å². The van der Waals surface area contributed by atoms with Gasteiger partial charge in [0.2, 0.25) is 5.91 Å². The van der Waals surface area contributed by atoms with Gasteiger partial charge in [-0.2, -0.15) is 5.10 Å². The molecule has 0 saturated carbocycles. The first-order valence-corrected chi connectivity index (χ1v) is 6.64. The third kappa shape index (κ3) is 5.87. The topological polar surface area (TPSA) is 59.0 Å². The van der Waals surface area contributed by atoms with E-state index in [0.717, 1.165) is 5.56 Å². The van der Waals surface area contributed by atoms with E-state index in [1.807, 2.05) is 37.8 Å². The number of rotatable bonds is 4. The number of carbonyl (C=O) groups excluding carboxylic acids is 1. The lowest BCUT2D eigenvalue weighted by molar-refractivity contribution is -0.121. The highest BCUT2D eigenvalue weighted by Gasteiger charge is 2.15. The molecule has 108 valence electrons. The molecular weight excluding hydrogens is 240 g/mol. The molecule has 0 aliphatic heterocycles. The van der Waals surface area contributed by atoms with Gasteiger partial charge in [0, 0.05) is 23.8 Å². The molecule has 0 aliphatic carbocycles.